The van der Waals surface area contributed by atoms with Crippen LogP contribution in [0.15, 0.2) is 66.7 Å². The van der Waals surface area contributed by atoms with Gasteiger partial charge in [0.2, 0.25) is 11.8 Å². The van der Waals surface area contributed by atoms with Gasteiger partial charge in [-0.3, -0.25) is 19.3 Å². The number of likely N-dealkylation sites (tertiary alicyclic amines) is 1. The van der Waals surface area contributed by atoms with Crippen LogP contribution < -0.4 is 4.74 Å². The van der Waals surface area contributed by atoms with E-state index in [9.17, 15) is 19.2 Å². The van der Waals surface area contributed by atoms with E-state index in [2.05, 4.69) is 0 Å². The van der Waals surface area contributed by atoms with Crippen molar-refractivity contribution in [1.82, 2.24) is 4.90 Å². The zero-order chi connectivity index (χ0) is 23.8. The van der Waals surface area contributed by atoms with Gasteiger partial charge < -0.3 is 9.47 Å². The van der Waals surface area contributed by atoms with Gasteiger partial charge in [0.15, 0.2) is 12.4 Å². The number of carbonyl (C=O) groups is 4. The minimum atomic E-state index is -1.12. The highest BCUT2D eigenvalue weighted by Gasteiger charge is 2.61. The molecule has 2 fully saturated rings. The van der Waals surface area contributed by atoms with Gasteiger partial charge in [-0.1, -0.05) is 54.6 Å². The average Bonchev–Trinajstić information content (AvgIpc) is 3.55. The molecule has 0 aromatic heterocycles. The van der Waals surface area contributed by atoms with Crippen LogP contribution in [0.25, 0.3) is 0 Å². The first-order chi connectivity index (χ1) is 16.5. The Balaban J connectivity index is 1.36. The molecule has 2 aliphatic carbocycles. The number of nitrogens with zero attached hydrogens (tertiary/aromatic N) is 1. The molecule has 5 atom stereocenters. The molecule has 1 aliphatic heterocycles. The van der Waals surface area contributed by atoms with Crippen LogP contribution in [0.2, 0.25) is 0 Å². The average molecular weight is 459 g/mol. The molecule has 0 unspecified atom stereocenters. The van der Waals surface area contributed by atoms with Gasteiger partial charge in [-0.15, -0.1) is 0 Å². The molecular weight excluding hydrogens is 434 g/mol. The number of benzene rings is 2. The van der Waals surface area contributed by atoms with Crippen LogP contribution in [-0.4, -0.2) is 48.2 Å². The van der Waals surface area contributed by atoms with E-state index in [-0.39, 0.29) is 30.1 Å². The summed E-state index contributed by atoms with van der Waals surface area (Å²) < 4.78 is 10.5. The number of imide groups is 1. The number of amides is 2. The van der Waals surface area contributed by atoms with E-state index in [1.54, 1.807) is 24.3 Å². The first-order valence-electron chi connectivity index (χ1n) is 11.4. The number of fused-ring (bicyclic) bond motifs is 5. The normalized spacial score (nSPS) is 25.4. The Morgan fingerprint density at radius 1 is 0.971 bits per heavy atom. The van der Waals surface area contributed by atoms with Gasteiger partial charge in [0.05, 0.1) is 18.9 Å². The summed E-state index contributed by atoms with van der Waals surface area (Å²) in [7, 11) is 1.50. The van der Waals surface area contributed by atoms with Crippen LogP contribution in [0.1, 0.15) is 22.3 Å². The molecule has 2 aromatic rings. The molecule has 7 heteroatoms. The molecule has 174 valence electrons. The minimum Gasteiger partial charge on any atom is -0.497 e. The lowest BCUT2D eigenvalue weighted by Crippen LogP contribution is -2.48. The van der Waals surface area contributed by atoms with Crippen molar-refractivity contribution in [1.29, 1.82) is 0 Å². The highest BCUT2D eigenvalue weighted by molar-refractivity contribution is 6.09. The van der Waals surface area contributed by atoms with Crippen LogP contribution in [-0.2, 0) is 25.5 Å². The van der Waals surface area contributed by atoms with Crippen molar-refractivity contribution in [3.05, 3.63) is 77.9 Å². The monoisotopic (exact) mass is 459 g/mol. The van der Waals surface area contributed by atoms with Gasteiger partial charge >= 0.3 is 5.97 Å². The Morgan fingerprint density at radius 2 is 1.65 bits per heavy atom. The lowest BCUT2D eigenvalue weighted by molar-refractivity contribution is -0.158. The highest BCUT2D eigenvalue weighted by Crippen LogP contribution is 2.53. The molecular formula is C27H25NO6. The zero-order valence-corrected chi connectivity index (χ0v) is 18.8. The summed E-state index contributed by atoms with van der Waals surface area (Å²) in [4.78, 5) is 53.6. The molecule has 5 rings (SSSR count). The van der Waals surface area contributed by atoms with Crippen molar-refractivity contribution in [3.63, 3.8) is 0 Å². The molecule has 2 amide bonds. The number of methoxy groups -OCH3 is 1. The number of Topliss-reactive ketones (excluding diaryl/α,β-unsaturated/α-hetero) is 1. The van der Waals surface area contributed by atoms with Crippen LogP contribution in [0.3, 0.4) is 0 Å². The van der Waals surface area contributed by atoms with Crippen molar-refractivity contribution >= 4 is 23.6 Å². The second kappa shape index (κ2) is 8.89. The summed E-state index contributed by atoms with van der Waals surface area (Å²) >= 11 is 0. The number of carbonyl (C=O) groups excluding carboxylic acids is 4. The minimum absolute atomic E-state index is 0.0412. The first kappa shape index (κ1) is 22.1. The molecule has 0 radical (unpaired) electrons. The molecule has 0 spiro atoms. The van der Waals surface area contributed by atoms with Gasteiger partial charge in [0.1, 0.15) is 11.8 Å². The number of ether oxygens (including phenoxy) is 2. The fraction of sp³-hybridized carbons (Fsp3) is 0.333. The maximum Gasteiger partial charge on any atom is 0.330 e. The SMILES string of the molecule is COc1cccc(C(=O)COC(=O)[C@@H](Cc2ccccc2)N2C(=O)[C@@H]3[C@H](C2=O)[C@H]2C=C[C@H]3C2)c1. The number of esters is 1. The quantitative estimate of drug-likeness (QED) is 0.261. The molecule has 1 saturated heterocycles. The topological polar surface area (TPSA) is 90.0 Å². The van der Waals surface area contributed by atoms with E-state index in [0.29, 0.717) is 11.3 Å². The van der Waals surface area contributed by atoms with Crippen molar-refractivity contribution in [2.75, 3.05) is 13.7 Å². The van der Waals surface area contributed by atoms with E-state index < -0.39 is 36.2 Å². The number of hydrogen-bond acceptors (Lipinski definition) is 6. The van der Waals surface area contributed by atoms with E-state index in [1.807, 2.05) is 42.5 Å². The van der Waals surface area contributed by atoms with E-state index in [4.69, 9.17) is 9.47 Å². The summed E-state index contributed by atoms with van der Waals surface area (Å²) in [6, 6.07) is 14.6. The van der Waals surface area contributed by atoms with Gasteiger partial charge in [0, 0.05) is 12.0 Å². The van der Waals surface area contributed by atoms with Crippen molar-refractivity contribution in [3.8, 4) is 5.75 Å². The smallest absolute Gasteiger partial charge is 0.330 e. The second-order valence-electron chi connectivity index (χ2n) is 9.01. The molecule has 34 heavy (non-hydrogen) atoms. The number of allylic oxidation sites excluding steroid dienone is 2. The predicted molar refractivity (Wildman–Crippen MR) is 122 cm³/mol. The van der Waals surface area contributed by atoms with Gasteiger partial charge in [-0.25, -0.2) is 4.79 Å². The van der Waals surface area contributed by atoms with Crippen LogP contribution >= 0.6 is 0 Å². The molecule has 3 aliphatic rings. The Bertz CT molecular complexity index is 1140. The van der Waals surface area contributed by atoms with Crippen LogP contribution in [0, 0.1) is 23.7 Å². The fourth-order valence-corrected chi connectivity index (χ4v) is 5.46. The Hall–Kier alpha value is -3.74. The third-order valence-electron chi connectivity index (χ3n) is 7.10. The van der Waals surface area contributed by atoms with E-state index >= 15 is 0 Å². The lowest BCUT2D eigenvalue weighted by Gasteiger charge is -2.26. The van der Waals surface area contributed by atoms with E-state index in [1.165, 1.54) is 7.11 Å². The van der Waals surface area contributed by atoms with Gasteiger partial charge in [0.25, 0.3) is 0 Å². The fourth-order valence-electron chi connectivity index (χ4n) is 5.46. The van der Waals surface area contributed by atoms with Crippen LogP contribution in [0.5, 0.6) is 5.75 Å². The van der Waals surface area contributed by atoms with E-state index in [0.717, 1.165) is 16.9 Å². The van der Waals surface area contributed by atoms with Gasteiger partial charge in [-0.2, -0.15) is 0 Å². The molecule has 1 saturated carbocycles. The highest BCUT2D eigenvalue weighted by atomic mass is 16.5. The van der Waals surface area contributed by atoms with Crippen molar-refractivity contribution < 1.29 is 28.7 Å². The van der Waals surface area contributed by atoms with Crippen molar-refractivity contribution in [2.24, 2.45) is 23.7 Å². The molecule has 2 aromatic carbocycles. The summed E-state index contributed by atoms with van der Waals surface area (Å²) in [5, 5.41) is 0. The maximum atomic E-state index is 13.3. The number of hydrogen-bond donors (Lipinski definition) is 0. The third kappa shape index (κ3) is 3.81. The molecule has 1 heterocycles. The first-order valence-corrected chi connectivity index (χ1v) is 11.4. The standard InChI is InChI=1S/C27H25NO6/c1-33-20-9-5-8-17(14-20)22(29)15-34-27(32)21(12-16-6-3-2-4-7-16)28-25(30)23-18-10-11-19(13-18)24(23)26(28)31/h2-11,14,18-19,21,23-24H,12-13,15H2,1H3/t18-,19-,21+,23-,24+/m0/s1. The van der Waals surface area contributed by atoms with Crippen LogP contribution in [0.4, 0.5) is 0 Å². The maximum absolute atomic E-state index is 13.3. The second-order valence-corrected chi connectivity index (χ2v) is 9.01. The summed E-state index contributed by atoms with van der Waals surface area (Å²) in [6.45, 7) is -0.493. The number of rotatable bonds is 8. The molecule has 0 N–H and O–H groups in total. The largest absolute Gasteiger partial charge is 0.497 e. The van der Waals surface area contributed by atoms with Gasteiger partial charge in [-0.05, 0) is 36.0 Å². The molecule has 2 bridgehead atoms. The summed E-state index contributed by atoms with van der Waals surface area (Å²) in [5.41, 5.74) is 1.14. The summed E-state index contributed by atoms with van der Waals surface area (Å²) in [5.74, 6) is -2.01. The molecule has 7 nitrogen and oxygen atoms in total. The Morgan fingerprint density at radius 3 is 2.29 bits per heavy atom. The predicted octanol–water partition coefficient (Wildman–Crippen LogP) is 2.84. The Labute approximate surface area is 197 Å². The zero-order valence-electron chi connectivity index (χ0n) is 18.8. The third-order valence-corrected chi connectivity index (χ3v) is 7.10. The Kier molecular flexibility index (Phi) is 5.77. The number of ketones is 1. The lowest BCUT2D eigenvalue weighted by atomic mass is 9.85. The van der Waals surface area contributed by atoms with Crippen molar-refractivity contribution in [2.45, 2.75) is 18.9 Å². The summed E-state index contributed by atoms with van der Waals surface area (Å²) in [6.07, 6.45) is 4.96.